The Balaban J connectivity index is 2.27. The molecule has 106 valence electrons. The third kappa shape index (κ3) is 1.72. The summed E-state index contributed by atoms with van der Waals surface area (Å²) in [5, 5.41) is 2.25. The highest BCUT2D eigenvalue weighted by molar-refractivity contribution is 9.10. The van der Waals surface area contributed by atoms with Gasteiger partial charge in [0.25, 0.3) is 5.56 Å². The minimum atomic E-state index is -0.222. The topological polar surface area (TPSA) is 49.7 Å². The number of benzene rings is 2. The molecule has 3 aromatic rings. The Kier molecular flexibility index (Phi) is 2.62. The molecule has 0 fully saturated rings. The summed E-state index contributed by atoms with van der Waals surface area (Å²) in [6.45, 7) is 0.172. The van der Waals surface area contributed by atoms with Gasteiger partial charge in [-0.3, -0.25) is 4.79 Å². The minimum Gasteiger partial charge on any atom is -0.454 e. The first-order valence-electron chi connectivity index (χ1n) is 6.31. The molecule has 2 aromatic carbocycles. The van der Waals surface area contributed by atoms with E-state index < -0.39 is 0 Å². The normalized spacial score (nSPS) is 13.0. The molecule has 0 N–H and O–H groups in total. The molecule has 6 heteroatoms. The number of fused-ring (bicyclic) bond motifs is 4. The molecule has 0 saturated carbocycles. The van der Waals surface area contributed by atoms with Crippen LogP contribution in [-0.4, -0.2) is 18.6 Å². The maximum absolute atomic E-state index is 12.6. The molecule has 0 amide bonds. The van der Waals surface area contributed by atoms with E-state index in [2.05, 4.69) is 15.9 Å². The Bertz CT molecular complexity index is 948. The fraction of sp³-hybridized carbons (Fsp3) is 0.133. The molecule has 0 unspecified atom stereocenters. The molecule has 0 atom stereocenters. The first-order valence-corrected chi connectivity index (χ1v) is 7.10. The van der Waals surface area contributed by atoms with Gasteiger partial charge < -0.3 is 14.3 Å². The summed E-state index contributed by atoms with van der Waals surface area (Å²) in [6, 6.07) is 9.21. The average molecular weight is 348 g/mol. The fourth-order valence-corrected chi connectivity index (χ4v) is 3.00. The number of ether oxygens (including phenoxy) is 2. The van der Waals surface area contributed by atoms with Gasteiger partial charge in [0.2, 0.25) is 6.79 Å². The number of rotatable bonds is 1. The van der Waals surface area contributed by atoms with Crippen LogP contribution in [0.5, 0.6) is 11.5 Å². The molecular formula is C15H10BrNO4. The van der Waals surface area contributed by atoms with E-state index in [-0.39, 0.29) is 12.4 Å². The molecule has 0 radical (unpaired) electrons. The predicted octanol–water partition coefficient (Wildman–Crippen LogP) is 2.70. The van der Waals surface area contributed by atoms with E-state index in [0.717, 1.165) is 15.2 Å². The summed E-state index contributed by atoms with van der Waals surface area (Å²) < 4.78 is 13.0. The molecule has 5 nitrogen and oxygen atoms in total. The summed E-state index contributed by atoms with van der Waals surface area (Å²) in [4.78, 5) is 17.8. The number of aromatic nitrogens is 1. The molecular weight excluding hydrogens is 338 g/mol. The largest absolute Gasteiger partial charge is 0.454 e. The second-order valence-electron chi connectivity index (χ2n) is 4.69. The zero-order valence-corrected chi connectivity index (χ0v) is 12.6. The third-order valence-corrected chi connectivity index (χ3v) is 4.07. The Morgan fingerprint density at radius 3 is 2.52 bits per heavy atom. The van der Waals surface area contributed by atoms with Crippen LogP contribution < -0.4 is 19.9 Å². The maximum Gasteiger partial charge on any atom is 0.291 e. The summed E-state index contributed by atoms with van der Waals surface area (Å²) in [5.74, 6) is 1.23. The lowest BCUT2D eigenvalue weighted by molar-refractivity contribution is 0.170. The van der Waals surface area contributed by atoms with Crippen molar-refractivity contribution in [1.29, 1.82) is 0 Å². The van der Waals surface area contributed by atoms with Gasteiger partial charge in [0.05, 0.1) is 10.9 Å². The van der Waals surface area contributed by atoms with E-state index in [0.29, 0.717) is 22.4 Å². The van der Waals surface area contributed by atoms with Gasteiger partial charge >= 0.3 is 0 Å². The standard InChI is InChI=1S/C15H10BrNO4/c1-19-17-12-3-2-8(16)4-10(12)9-5-13-14(21-7-20-13)6-11(9)15(17)18/h2-6H,7H2,1H3. The molecule has 1 aliphatic heterocycles. The van der Waals surface area contributed by atoms with Crippen LogP contribution >= 0.6 is 15.9 Å². The summed E-state index contributed by atoms with van der Waals surface area (Å²) in [5.41, 5.74) is 0.484. The van der Waals surface area contributed by atoms with Crippen LogP contribution in [0.2, 0.25) is 0 Å². The minimum absolute atomic E-state index is 0.172. The van der Waals surface area contributed by atoms with E-state index in [4.69, 9.17) is 14.3 Å². The zero-order chi connectivity index (χ0) is 14.6. The van der Waals surface area contributed by atoms with Crippen molar-refractivity contribution in [3.05, 3.63) is 45.2 Å². The summed E-state index contributed by atoms with van der Waals surface area (Å²) in [7, 11) is 1.47. The molecule has 0 bridgehead atoms. The first kappa shape index (κ1) is 12.5. The number of pyridine rings is 1. The molecule has 0 spiro atoms. The molecule has 1 aromatic heterocycles. The van der Waals surface area contributed by atoms with Gasteiger partial charge in [-0.25, -0.2) is 0 Å². The zero-order valence-electron chi connectivity index (χ0n) is 11.1. The van der Waals surface area contributed by atoms with Gasteiger partial charge in [-0.1, -0.05) is 15.9 Å². The van der Waals surface area contributed by atoms with Crippen molar-refractivity contribution >= 4 is 37.6 Å². The van der Waals surface area contributed by atoms with Crippen molar-refractivity contribution in [2.45, 2.75) is 0 Å². The lowest BCUT2D eigenvalue weighted by Gasteiger charge is -2.12. The van der Waals surface area contributed by atoms with Crippen molar-refractivity contribution in [3.8, 4) is 11.5 Å². The van der Waals surface area contributed by atoms with Crippen molar-refractivity contribution in [2.24, 2.45) is 0 Å². The molecule has 4 rings (SSSR count). The first-order chi connectivity index (χ1) is 10.2. The van der Waals surface area contributed by atoms with Crippen molar-refractivity contribution in [2.75, 3.05) is 13.9 Å². The highest BCUT2D eigenvalue weighted by atomic mass is 79.9. The van der Waals surface area contributed by atoms with Crippen molar-refractivity contribution in [1.82, 2.24) is 4.73 Å². The summed E-state index contributed by atoms with van der Waals surface area (Å²) >= 11 is 3.46. The monoisotopic (exact) mass is 347 g/mol. The Morgan fingerprint density at radius 2 is 1.81 bits per heavy atom. The van der Waals surface area contributed by atoms with Crippen LogP contribution in [0.25, 0.3) is 21.7 Å². The van der Waals surface area contributed by atoms with Crippen molar-refractivity contribution in [3.63, 3.8) is 0 Å². The quantitative estimate of drug-likeness (QED) is 0.635. The van der Waals surface area contributed by atoms with Crippen LogP contribution in [-0.2, 0) is 0 Å². The Labute approximate surface area is 127 Å². The molecule has 0 aliphatic carbocycles. The number of hydrogen-bond donors (Lipinski definition) is 0. The summed E-state index contributed by atoms with van der Waals surface area (Å²) in [6.07, 6.45) is 0. The SMILES string of the molecule is COn1c(=O)c2cc3c(cc2c2cc(Br)ccc21)OCO3. The molecule has 21 heavy (non-hydrogen) atoms. The van der Waals surface area contributed by atoms with E-state index in [1.165, 1.54) is 11.8 Å². The van der Waals surface area contributed by atoms with E-state index >= 15 is 0 Å². The Hall–Kier alpha value is -2.21. The van der Waals surface area contributed by atoms with Crippen molar-refractivity contribution < 1.29 is 14.3 Å². The fourth-order valence-electron chi connectivity index (χ4n) is 2.64. The third-order valence-electron chi connectivity index (χ3n) is 3.58. The van der Waals surface area contributed by atoms with E-state index in [1.54, 1.807) is 6.07 Å². The van der Waals surface area contributed by atoms with Gasteiger partial charge in [-0.05, 0) is 30.3 Å². The van der Waals surface area contributed by atoms with Gasteiger partial charge in [-0.2, -0.15) is 0 Å². The number of nitrogens with zero attached hydrogens (tertiary/aromatic N) is 1. The highest BCUT2D eigenvalue weighted by Crippen LogP contribution is 2.37. The van der Waals surface area contributed by atoms with Crippen LogP contribution in [0.3, 0.4) is 0 Å². The average Bonchev–Trinajstić information content (AvgIpc) is 2.94. The number of halogens is 1. The molecule has 1 aliphatic rings. The van der Waals surface area contributed by atoms with E-state index in [9.17, 15) is 4.79 Å². The Morgan fingerprint density at radius 1 is 1.10 bits per heavy atom. The van der Waals surface area contributed by atoms with E-state index in [1.807, 2.05) is 24.3 Å². The predicted molar refractivity (Wildman–Crippen MR) is 82.0 cm³/mol. The highest BCUT2D eigenvalue weighted by Gasteiger charge is 2.19. The van der Waals surface area contributed by atoms with Gasteiger partial charge in [-0.15, -0.1) is 4.73 Å². The smallest absolute Gasteiger partial charge is 0.291 e. The molecule has 0 saturated heterocycles. The van der Waals surface area contributed by atoms with Crippen LogP contribution in [0.1, 0.15) is 0 Å². The number of hydrogen-bond acceptors (Lipinski definition) is 4. The maximum atomic E-state index is 12.6. The lowest BCUT2D eigenvalue weighted by Crippen LogP contribution is -2.25. The molecule has 2 heterocycles. The van der Waals surface area contributed by atoms with Crippen LogP contribution in [0.4, 0.5) is 0 Å². The van der Waals surface area contributed by atoms with Crippen LogP contribution in [0, 0.1) is 0 Å². The van der Waals surface area contributed by atoms with Gasteiger partial charge in [0.1, 0.15) is 7.11 Å². The van der Waals surface area contributed by atoms with Crippen LogP contribution in [0.15, 0.2) is 39.6 Å². The lowest BCUT2D eigenvalue weighted by atomic mass is 10.1. The van der Waals surface area contributed by atoms with Gasteiger partial charge in [0, 0.05) is 15.2 Å². The second kappa shape index (κ2) is 4.39. The van der Waals surface area contributed by atoms with Gasteiger partial charge in [0.15, 0.2) is 11.5 Å². The second-order valence-corrected chi connectivity index (χ2v) is 5.61.